The number of nitrogens with one attached hydrogen (secondary N) is 1. The Labute approximate surface area is 218 Å². The Morgan fingerprint density at radius 1 is 1.00 bits per heavy atom. The minimum absolute atomic E-state index is 0.00809. The van der Waals surface area contributed by atoms with Gasteiger partial charge in [0.25, 0.3) is 10.0 Å². The topological polar surface area (TPSA) is 75.7 Å². The summed E-state index contributed by atoms with van der Waals surface area (Å²) in [6.45, 7) is 9.48. The van der Waals surface area contributed by atoms with Crippen LogP contribution >= 0.6 is 0 Å². The maximum absolute atomic E-state index is 13.7. The zero-order chi connectivity index (χ0) is 26.8. The summed E-state index contributed by atoms with van der Waals surface area (Å²) in [4.78, 5) is 14.8. The molecule has 0 radical (unpaired) electrons. The molecule has 4 rings (SSSR count). The first-order valence-electron chi connectivity index (χ1n) is 12.4. The molecule has 0 fully saturated rings. The lowest BCUT2D eigenvalue weighted by molar-refractivity contribution is -0.131. The molecular formula is C29H33FN2O4S. The number of rotatable bonds is 8. The largest absolute Gasteiger partial charge is 0.491 e. The zero-order valence-electron chi connectivity index (χ0n) is 21.7. The summed E-state index contributed by atoms with van der Waals surface area (Å²) in [6.07, 6.45) is 0.987. The molecule has 0 atom stereocenters. The lowest BCUT2D eigenvalue weighted by Gasteiger charge is -2.19. The van der Waals surface area contributed by atoms with Gasteiger partial charge in [0, 0.05) is 19.2 Å². The summed E-state index contributed by atoms with van der Waals surface area (Å²) in [6, 6.07) is 16.7. The van der Waals surface area contributed by atoms with E-state index in [9.17, 15) is 17.6 Å². The standard InChI is InChI=1S/C29H33FN2O4S/c1-5-14-36-27-17-24(30)11-13-26(27)31-37(34,35)25-12-8-21-18-32(19-22(21)16-25)28(33)15-20-6-9-23(10-7-20)29(2,3)4/h6-13,16-17,31H,5,14-15,18-19H2,1-4H3. The highest BCUT2D eigenvalue weighted by atomic mass is 32.2. The molecule has 196 valence electrons. The molecule has 3 aromatic carbocycles. The molecule has 0 aromatic heterocycles. The van der Waals surface area contributed by atoms with E-state index in [1.165, 1.54) is 23.8 Å². The van der Waals surface area contributed by atoms with Crippen molar-refractivity contribution < 1.29 is 22.3 Å². The van der Waals surface area contributed by atoms with Crippen LogP contribution in [0, 0.1) is 5.82 Å². The molecule has 37 heavy (non-hydrogen) atoms. The van der Waals surface area contributed by atoms with E-state index < -0.39 is 15.8 Å². The van der Waals surface area contributed by atoms with E-state index in [-0.39, 0.29) is 34.1 Å². The van der Waals surface area contributed by atoms with E-state index in [1.807, 2.05) is 19.1 Å². The number of ether oxygens (including phenoxy) is 1. The number of fused-ring (bicyclic) bond motifs is 1. The number of carbonyl (C=O) groups is 1. The number of halogens is 1. The fraction of sp³-hybridized carbons (Fsp3) is 0.345. The number of carbonyl (C=O) groups excluding carboxylic acids is 1. The van der Waals surface area contributed by atoms with Crippen molar-refractivity contribution in [3.05, 3.63) is 88.7 Å². The molecule has 0 saturated carbocycles. The zero-order valence-corrected chi connectivity index (χ0v) is 22.5. The highest BCUT2D eigenvalue weighted by Crippen LogP contribution is 2.31. The van der Waals surface area contributed by atoms with Crippen molar-refractivity contribution in [2.75, 3.05) is 11.3 Å². The van der Waals surface area contributed by atoms with Crippen molar-refractivity contribution in [2.45, 2.75) is 63.9 Å². The number of nitrogens with zero attached hydrogens (tertiary/aromatic N) is 1. The van der Waals surface area contributed by atoms with Crippen LogP contribution in [0.5, 0.6) is 5.75 Å². The van der Waals surface area contributed by atoms with Gasteiger partial charge in [0.2, 0.25) is 5.91 Å². The van der Waals surface area contributed by atoms with Crippen LogP contribution < -0.4 is 9.46 Å². The predicted molar refractivity (Wildman–Crippen MR) is 143 cm³/mol. The van der Waals surface area contributed by atoms with Crippen LogP contribution in [0.3, 0.4) is 0 Å². The predicted octanol–water partition coefficient (Wildman–Crippen LogP) is 5.80. The van der Waals surface area contributed by atoms with Crippen molar-refractivity contribution in [3.63, 3.8) is 0 Å². The SMILES string of the molecule is CCCOc1cc(F)ccc1NS(=O)(=O)c1ccc2c(c1)CN(C(=O)Cc1ccc(C(C)(C)C)cc1)C2. The molecule has 1 heterocycles. The third-order valence-electron chi connectivity index (χ3n) is 6.39. The van der Waals surface area contributed by atoms with Gasteiger partial charge in [0.15, 0.2) is 0 Å². The van der Waals surface area contributed by atoms with Crippen LogP contribution in [0.25, 0.3) is 0 Å². The first-order valence-corrected chi connectivity index (χ1v) is 13.9. The molecule has 6 nitrogen and oxygen atoms in total. The van der Waals surface area contributed by atoms with E-state index in [4.69, 9.17) is 4.74 Å². The third kappa shape index (κ3) is 6.31. The van der Waals surface area contributed by atoms with Crippen molar-refractivity contribution in [1.82, 2.24) is 4.90 Å². The molecule has 0 saturated heterocycles. The highest BCUT2D eigenvalue weighted by Gasteiger charge is 2.26. The summed E-state index contributed by atoms with van der Waals surface area (Å²) in [7, 11) is -3.95. The summed E-state index contributed by atoms with van der Waals surface area (Å²) in [5, 5.41) is 0. The average molecular weight is 525 g/mol. The van der Waals surface area contributed by atoms with E-state index in [1.54, 1.807) is 17.0 Å². The van der Waals surface area contributed by atoms with Crippen LogP contribution in [-0.2, 0) is 39.7 Å². The molecule has 0 aliphatic carbocycles. The molecule has 0 bridgehead atoms. The fourth-order valence-electron chi connectivity index (χ4n) is 4.24. The Balaban J connectivity index is 1.46. The quantitative estimate of drug-likeness (QED) is 0.404. The van der Waals surface area contributed by atoms with Crippen LogP contribution in [0.2, 0.25) is 0 Å². The second-order valence-corrected chi connectivity index (χ2v) is 12.1. The molecule has 0 unspecified atom stereocenters. The molecule has 3 aromatic rings. The van der Waals surface area contributed by atoms with Gasteiger partial charge in [-0.3, -0.25) is 9.52 Å². The Bertz CT molecular complexity index is 1400. The van der Waals surface area contributed by atoms with Gasteiger partial charge >= 0.3 is 0 Å². The Hall–Kier alpha value is -3.39. The first-order chi connectivity index (χ1) is 17.5. The highest BCUT2D eigenvalue weighted by molar-refractivity contribution is 7.92. The second kappa shape index (κ2) is 10.5. The van der Waals surface area contributed by atoms with Crippen LogP contribution in [0.4, 0.5) is 10.1 Å². The number of benzene rings is 3. The van der Waals surface area contributed by atoms with Crippen LogP contribution in [-0.4, -0.2) is 25.8 Å². The second-order valence-electron chi connectivity index (χ2n) is 10.4. The van der Waals surface area contributed by atoms with Gasteiger partial charge in [-0.25, -0.2) is 12.8 Å². The van der Waals surface area contributed by atoms with Crippen molar-refractivity contribution in [2.24, 2.45) is 0 Å². The Morgan fingerprint density at radius 3 is 2.38 bits per heavy atom. The first kappa shape index (κ1) is 26.7. The lowest BCUT2D eigenvalue weighted by Crippen LogP contribution is -2.26. The maximum atomic E-state index is 13.7. The van der Waals surface area contributed by atoms with E-state index >= 15 is 0 Å². The van der Waals surface area contributed by atoms with E-state index in [0.717, 1.165) is 22.8 Å². The summed E-state index contributed by atoms with van der Waals surface area (Å²) in [5.74, 6) is -0.383. The molecular weight excluding hydrogens is 491 g/mol. The maximum Gasteiger partial charge on any atom is 0.262 e. The third-order valence-corrected chi connectivity index (χ3v) is 7.75. The Morgan fingerprint density at radius 2 is 1.70 bits per heavy atom. The molecule has 0 spiro atoms. The van der Waals surface area contributed by atoms with Gasteiger partial charge in [-0.1, -0.05) is 58.0 Å². The van der Waals surface area contributed by atoms with Gasteiger partial charge in [-0.2, -0.15) is 0 Å². The summed E-state index contributed by atoms with van der Waals surface area (Å²) >= 11 is 0. The fourth-order valence-corrected chi connectivity index (χ4v) is 5.36. The monoisotopic (exact) mass is 524 g/mol. The average Bonchev–Trinajstić information content (AvgIpc) is 3.28. The van der Waals surface area contributed by atoms with E-state index in [2.05, 4.69) is 37.6 Å². The normalized spacial score (nSPS) is 13.4. The number of amides is 1. The lowest BCUT2D eigenvalue weighted by atomic mass is 9.86. The van der Waals surface area contributed by atoms with Crippen molar-refractivity contribution in [3.8, 4) is 5.75 Å². The van der Waals surface area contributed by atoms with Crippen LogP contribution in [0.1, 0.15) is 56.4 Å². The molecule has 1 amide bonds. The molecule has 8 heteroatoms. The van der Waals surface area contributed by atoms with Gasteiger partial charge in [-0.05, 0) is 58.4 Å². The number of hydrogen-bond acceptors (Lipinski definition) is 4. The van der Waals surface area contributed by atoms with Crippen molar-refractivity contribution >= 4 is 21.6 Å². The number of anilines is 1. The number of hydrogen-bond donors (Lipinski definition) is 1. The van der Waals surface area contributed by atoms with Crippen LogP contribution in [0.15, 0.2) is 65.6 Å². The van der Waals surface area contributed by atoms with Gasteiger partial charge in [-0.15, -0.1) is 0 Å². The van der Waals surface area contributed by atoms with Gasteiger partial charge < -0.3 is 9.64 Å². The minimum Gasteiger partial charge on any atom is -0.491 e. The number of sulfonamides is 1. The molecule has 1 aliphatic rings. The Kier molecular flexibility index (Phi) is 7.59. The molecule has 1 aliphatic heterocycles. The van der Waals surface area contributed by atoms with Gasteiger partial charge in [0.05, 0.1) is 23.6 Å². The van der Waals surface area contributed by atoms with Gasteiger partial charge in [0.1, 0.15) is 11.6 Å². The molecule has 1 N–H and O–H groups in total. The summed E-state index contributed by atoms with van der Waals surface area (Å²) in [5.41, 5.74) is 4.09. The van der Waals surface area contributed by atoms with Crippen molar-refractivity contribution in [1.29, 1.82) is 0 Å². The smallest absolute Gasteiger partial charge is 0.262 e. The summed E-state index contributed by atoms with van der Waals surface area (Å²) < 4.78 is 48.0. The van der Waals surface area contributed by atoms with E-state index in [0.29, 0.717) is 26.1 Å². The minimum atomic E-state index is -3.95.